The van der Waals surface area contributed by atoms with Gasteiger partial charge in [0.05, 0.1) is 12.1 Å². The van der Waals surface area contributed by atoms with E-state index in [9.17, 15) is 4.79 Å². The summed E-state index contributed by atoms with van der Waals surface area (Å²) in [5.41, 5.74) is 5.10. The summed E-state index contributed by atoms with van der Waals surface area (Å²) in [7, 11) is 1.73. The van der Waals surface area contributed by atoms with Crippen LogP contribution in [-0.4, -0.2) is 36.5 Å². The average molecular weight is 285 g/mol. The zero-order valence-corrected chi connectivity index (χ0v) is 12.4. The lowest BCUT2D eigenvalue weighted by molar-refractivity contribution is -0.135. The number of amides is 1. The molecule has 0 saturated carbocycles. The van der Waals surface area contributed by atoms with Gasteiger partial charge in [0, 0.05) is 12.1 Å². The van der Waals surface area contributed by atoms with E-state index in [2.05, 4.69) is 0 Å². The lowest BCUT2D eigenvalue weighted by Gasteiger charge is -2.28. The number of ether oxygens (including phenoxy) is 1. The largest absolute Gasteiger partial charge is 0.492 e. The Morgan fingerprint density at radius 1 is 1.53 bits per heavy atom. The minimum atomic E-state index is -0.815. The zero-order chi connectivity index (χ0) is 14.5. The van der Waals surface area contributed by atoms with Crippen molar-refractivity contribution in [2.75, 3.05) is 20.2 Å². The maximum absolute atomic E-state index is 12.0. The number of halogens is 1. The molecular weight excluding hydrogens is 264 g/mol. The number of hydrogen-bond acceptors (Lipinski definition) is 3. The van der Waals surface area contributed by atoms with Crippen LogP contribution in [0.4, 0.5) is 0 Å². The Morgan fingerprint density at radius 3 is 2.79 bits per heavy atom. The number of benzene rings is 1. The molecule has 1 aromatic carbocycles. The monoisotopic (exact) mass is 284 g/mol. The van der Waals surface area contributed by atoms with E-state index in [-0.39, 0.29) is 5.91 Å². The van der Waals surface area contributed by atoms with Gasteiger partial charge in [-0.3, -0.25) is 4.79 Å². The summed E-state index contributed by atoms with van der Waals surface area (Å²) >= 11 is 5.85. The fraction of sp³-hybridized carbons (Fsp3) is 0.500. The van der Waals surface area contributed by atoms with E-state index in [0.29, 0.717) is 30.3 Å². The van der Waals surface area contributed by atoms with Gasteiger partial charge < -0.3 is 15.4 Å². The quantitative estimate of drug-likeness (QED) is 0.872. The van der Waals surface area contributed by atoms with Crippen LogP contribution in [-0.2, 0) is 4.79 Å². The highest BCUT2D eigenvalue weighted by Gasteiger charge is 2.28. The lowest BCUT2D eigenvalue weighted by atomic mass is 9.99. The van der Waals surface area contributed by atoms with Gasteiger partial charge in [0.15, 0.2) is 0 Å². The minimum Gasteiger partial charge on any atom is -0.492 e. The molecular formula is C14H21ClN2O2. The smallest absolute Gasteiger partial charge is 0.242 e. The highest BCUT2D eigenvalue weighted by molar-refractivity contribution is 6.30. The first-order valence-electron chi connectivity index (χ1n) is 6.29. The van der Waals surface area contributed by atoms with Crippen LogP contribution < -0.4 is 10.5 Å². The van der Waals surface area contributed by atoms with E-state index in [1.807, 2.05) is 19.1 Å². The van der Waals surface area contributed by atoms with E-state index in [0.717, 1.165) is 0 Å². The van der Waals surface area contributed by atoms with Gasteiger partial charge in [-0.05, 0) is 31.5 Å². The van der Waals surface area contributed by atoms with Gasteiger partial charge in [-0.15, -0.1) is 0 Å². The minimum absolute atomic E-state index is 0.0790. The van der Waals surface area contributed by atoms with Crippen LogP contribution >= 0.6 is 11.6 Å². The lowest BCUT2D eigenvalue weighted by Crippen LogP contribution is -2.52. The van der Waals surface area contributed by atoms with Crippen LogP contribution in [0.15, 0.2) is 24.3 Å². The Labute approximate surface area is 119 Å². The number of rotatable bonds is 6. The molecule has 1 rings (SSSR count). The highest BCUT2D eigenvalue weighted by atomic mass is 35.5. The Balaban J connectivity index is 2.43. The van der Waals surface area contributed by atoms with Crippen molar-refractivity contribution in [1.29, 1.82) is 0 Å². The second kappa shape index (κ2) is 6.78. The van der Waals surface area contributed by atoms with Crippen LogP contribution in [0.25, 0.3) is 0 Å². The number of carbonyl (C=O) groups is 1. The molecule has 0 fully saturated rings. The predicted molar refractivity (Wildman–Crippen MR) is 77.5 cm³/mol. The predicted octanol–water partition coefficient (Wildman–Crippen LogP) is 2.30. The number of likely N-dealkylation sites (N-methyl/N-ethyl adjacent to an activating group) is 1. The molecule has 0 aliphatic carbocycles. The van der Waals surface area contributed by atoms with Crippen molar-refractivity contribution in [1.82, 2.24) is 4.90 Å². The first-order valence-corrected chi connectivity index (χ1v) is 6.67. The van der Waals surface area contributed by atoms with E-state index in [1.54, 1.807) is 31.0 Å². The summed E-state index contributed by atoms with van der Waals surface area (Å²) < 4.78 is 5.53. The summed E-state index contributed by atoms with van der Waals surface area (Å²) in [6, 6.07) is 7.17. The van der Waals surface area contributed by atoms with Crippen LogP contribution in [0, 0.1) is 0 Å². The summed E-state index contributed by atoms with van der Waals surface area (Å²) in [6.07, 6.45) is 0.603. The van der Waals surface area contributed by atoms with Crippen LogP contribution in [0.1, 0.15) is 20.3 Å². The van der Waals surface area contributed by atoms with E-state index >= 15 is 0 Å². The molecule has 1 aromatic rings. The number of nitrogens with two attached hydrogens (primary N) is 1. The van der Waals surface area contributed by atoms with E-state index in [1.165, 1.54) is 0 Å². The van der Waals surface area contributed by atoms with Gasteiger partial charge in [-0.2, -0.15) is 0 Å². The van der Waals surface area contributed by atoms with Crippen molar-refractivity contribution < 1.29 is 9.53 Å². The van der Waals surface area contributed by atoms with Crippen molar-refractivity contribution in [2.24, 2.45) is 5.73 Å². The number of nitrogens with zero attached hydrogens (tertiary/aromatic N) is 1. The maximum Gasteiger partial charge on any atom is 0.242 e. The summed E-state index contributed by atoms with van der Waals surface area (Å²) in [5, 5.41) is 0.627. The molecule has 19 heavy (non-hydrogen) atoms. The molecule has 0 aliphatic rings. The summed E-state index contributed by atoms with van der Waals surface area (Å²) in [6.45, 7) is 4.53. The summed E-state index contributed by atoms with van der Waals surface area (Å²) in [4.78, 5) is 13.6. The molecule has 0 bridgehead atoms. The third-order valence-electron chi connectivity index (χ3n) is 3.06. The van der Waals surface area contributed by atoms with Crippen LogP contribution in [0.3, 0.4) is 0 Å². The third kappa shape index (κ3) is 4.73. The fourth-order valence-electron chi connectivity index (χ4n) is 1.55. The molecule has 2 N–H and O–H groups in total. The summed E-state index contributed by atoms with van der Waals surface area (Å²) in [5.74, 6) is 0.615. The molecule has 106 valence electrons. The van der Waals surface area contributed by atoms with E-state index < -0.39 is 5.54 Å². The Hall–Kier alpha value is -1.26. The second-order valence-corrected chi connectivity index (χ2v) is 5.24. The van der Waals surface area contributed by atoms with Gasteiger partial charge in [0.25, 0.3) is 0 Å². The second-order valence-electron chi connectivity index (χ2n) is 4.80. The molecule has 4 nitrogen and oxygen atoms in total. The molecule has 0 aromatic heterocycles. The van der Waals surface area contributed by atoms with Crippen molar-refractivity contribution in [2.45, 2.75) is 25.8 Å². The number of hydrogen-bond donors (Lipinski definition) is 1. The standard InChI is InChI=1S/C14H21ClN2O2/c1-4-14(2,16)13(18)17(3)8-9-19-12-7-5-6-11(15)10-12/h5-7,10H,4,8-9,16H2,1-3H3. The Morgan fingerprint density at radius 2 is 2.21 bits per heavy atom. The Kier molecular flexibility index (Phi) is 5.63. The normalized spacial score (nSPS) is 13.7. The van der Waals surface area contributed by atoms with Gasteiger partial charge in [-0.25, -0.2) is 0 Å². The van der Waals surface area contributed by atoms with E-state index in [4.69, 9.17) is 22.1 Å². The van der Waals surface area contributed by atoms with Gasteiger partial charge >= 0.3 is 0 Å². The molecule has 0 saturated heterocycles. The van der Waals surface area contributed by atoms with Crippen molar-refractivity contribution >= 4 is 17.5 Å². The van der Waals surface area contributed by atoms with Crippen molar-refractivity contribution in [3.8, 4) is 5.75 Å². The Bertz CT molecular complexity index is 435. The van der Waals surface area contributed by atoms with Gasteiger partial charge in [0.1, 0.15) is 12.4 Å². The average Bonchev–Trinajstić information content (AvgIpc) is 2.37. The molecule has 0 radical (unpaired) electrons. The molecule has 0 aliphatic heterocycles. The molecule has 1 unspecified atom stereocenters. The zero-order valence-electron chi connectivity index (χ0n) is 11.6. The third-order valence-corrected chi connectivity index (χ3v) is 3.30. The van der Waals surface area contributed by atoms with Crippen molar-refractivity contribution in [3.63, 3.8) is 0 Å². The number of carbonyl (C=O) groups excluding carboxylic acids is 1. The van der Waals surface area contributed by atoms with Gasteiger partial charge in [-0.1, -0.05) is 24.6 Å². The highest BCUT2D eigenvalue weighted by Crippen LogP contribution is 2.17. The maximum atomic E-state index is 12.0. The topological polar surface area (TPSA) is 55.6 Å². The van der Waals surface area contributed by atoms with Crippen LogP contribution in [0.5, 0.6) is 5.75 Å². The SMILES string of the molecule is CCC(C)(N)C(=O)N(C)CCOc1cccc(Cl)c1. The van der Waals surface area contributed by atoms with Crippen molar-refractivity contribution in [3.05, 3.63) is 29.3 Å². The molecule has 5 heteroatoms. The molecule has 1 atom stereocenters. The molecule has 0 spiro atoms. The van der Waals surface area contributed by atoms with Crippen LogP contribution in [0.2, 0.25) is 5.02 Å². The van der Waals surface area contributed by atoms with Gasteiger partial charge in [0.2, 0.25) is 5.91 Å². The molecule has 0 heterocycles. The first kappa shape index (κ1) is 15.8. The first-order chi connectivity index (χ1) is 8.86. The molecule has 1 amide bonds. The fourth-order valence-corrected chi connectivity index (χ4v) is 1.73.